The highest BCUT2D eigenvalue weighted by Crippen LogP contribution is 2.29. The Hall–Kier alpha value is -0.120. The molecule has 2 aliphatic heterocycles. The molecule has 2 aliphatic rings. The molecule has 0 aromatic heterocycles. The molecule has 2 fully saturated rings. The molecule has 0 spiro atoms. The predicted molar refractivity (Wildman–Crippen MR) is 82.6 cm³/mol. The molecule has 3 atom stereocenters. The average molecular weight is 267 g/mol. The highest BCUT2D eigenvalue weighted by molar-refractivity contribution is 4.92. The van der Waals surface area contributed by atoms with Gasteiger partial charge in [0.05, 0.1) is 0 Å². The summed E-state index contributed by atoms with van der Waals surface area (Å²) < 4.78 is 0. The maximum atomic E-state index is 3.74. The molecule has 0 aromatic rings. The van der Waals surface area contributed by atoms with Crippen LogP contribution in [0.25, 0.3) is 0 Å². The van der Waals surface area contributed by atoms with Gasteiger partial charge in [0, 0.05) is 43.8 Å². The SMILES string of the molecule is CCC(CC)NCC(C)N1CCC2CCC(C1)N2C. The third-order valence-electron chi connectivity index (χ3n) is 5.49. The van der Waals surface area contributed by atoms with E-state index >= 15 is 0 Å². The van der Waals surface area contributed by atoms with Gasteiger partial charge in [-0.1, -0.05) is 13.8 Å². The summed E-state index contributed by atoms with van der Waals surface area (Å²) in [6.45, 7) is 10.7. The molecule has 3 unspecified atom stereocenters. The van der Waals surface area contributed by atoms with Crippen LogP contribution >= 0.6 is 0 Å². The minimum Gasteiger partial charge on any atom is -0.312 e. The van der Waals surface area contributed by atoms with Crippen LogP contribution in [0.4, 0.5) is 0 Å². The van der Waals surface area contributed by atoms with Crippen molar-refractivity contribution in [3.8, 4) is 0 Å². The number of fused-ring (bicyclic) bond motifs is 2. The maximum absolute atomic E-state index is 3.74. The lowest BCUT2D eigenvalue weighted by molar-refractivity contribution is 0.174. The topological polar surface area (TPSA) is 18.5 Å². The van der Waals surface area contributed by atoms with E-state index < -0.39 is 0 Å². The van der Waals surface area contributed by atoms with E-state index in [2.05, 4.69) is 42.9 Å². The maximum Gasteiger partial charge on any atom is 0.0223 e. The molecule has 112 valence electrons. The zero-order valence-electron chi connectivity index (χ0n) is 13.4. The van der Waals surface area contributed by atoms with Gasteiger partial charge in [0.1, 0.15) is 0 Å². The van der Waals surface area contributed by atoms with E-state index in [-0.39, 0.29) is 0 Å². The molecular weight excluding hydrogens is 234 g/mol. The lowest BCUT2D eigenvalue weighted by Gasteiger charge is -2.32. The smallest absolute Gasteiger partial charge is 0.0223 e. The van der Waals surface area contributed by atoms with Crippen LogP contribution in [-0.4, -0.2) is 60.6 Å². The van der Waals surface area contributed by atoms with E-state index in [0.29, 0.717) is 12.1 Å². The molecule has 2 bridgehead atoms. The van der Waals surface area contributed by atoms with Crippen molar-refractivity contribution in [1.82, 2.24) is 15.1 Å². The van der Waals surface area contributed by atoms with Crippen LogP contribution in [0, 0.1) is 0 Å². The first-order valence-corrected chi connectivity index (χ1v) is 8.35. The van der Waals surface area contributed by atoms with Crippen molar-refractivity contribution in [2.24, 2.45) is 0 Å². The molecule has 3 heteroatoms. The number of likely N-dealkylation sites (N-methyl/N-ethyl adjacent to an activating group) is 1. The first kappa shape index (κ1) is 15.3. The van der Waals surface area contributed by atoms with Crippen molar-refractivity contribution in [2.45, 2.75) is 77.0 Å². The van der Waals surface area contributed by atoms with Crippen molar-refractivity contribution in [2.75, 3.05) is 26.7 Å². The Morgan fingerprint density at radius 1 is 1.11 bits per heavy atom. The van der Waals surface area contributed by atoms with Gasteiger partial charge in [0.2, 0.25) is 0 Å². The Bertz CT molecular complexity index is 265. The van der Waals surface area contributed by atoms with E-state index in [4.69, 9.17) is 0 Å². The summed E-state index contributed by atoms with van der Waals surface area (Å²) in [6, 6.07) is 3.04. The van der Waals surface area contributed by atoms with E-state index in [0.717, 1.165) is 18.6 Å². The molecule has 19 heavy (non-hydrogen) atoms. The second-order valence-electron chi connectivity index (χ2n) is 6.60. The standard InChI is InChI=1S/C16H33N3/c1-5-14(6-2)17-11-13(3)19-10-9-15-7-8-16(12-19)18(15)4/h13-17H,5-12H2,1-4H3. The first-order valence-electron chi connectivity index (χ1n) is 8.35. The van der Waals surface area contributed by atoms with Crippen molar-refractivity contribution in [3.05, 3.63) is 0 Å². The first-order chi connectivity index (χ1) is 9.15. The lowest BCUT2D eigenvalue weighted by Crippen LogP contribution is -2.46. The summed E-state index contributed by atoms with van der Waals surface area (Å²) >= 11 is 0. The fraction of sp³-hybridized carbons (Fsp3) is 1.00. The minimum atomic E-state index is 0.674. The van der Waals surface area contributed by atoms with Gasteiger partial charge in [0.15, 0.2) is 0 Å². The molecule has 0 saturated carbocycles. The highest BCUT2D eigenvalue weighted by Gasteiger charge is 2.35. The fourth-order valence-electron chi connectivity index (χ4n) is 3.78. The van der Waals surface area contributed by atoms with E-state index in [1.165, 1.54) is 45.2 Å². The van der Waals surface area contributed by atoms with Crippen LogP contribution in [0.3, 0.4) is 0 Å². The summed E-state index contributed by atoms with van der Waals surface area (Å²) in [5.74, 6) is 0. The second-order valence-corrected chi connectivity index (χ2v) is 6.60. The van der Waals surface area contributed by atoms with Crippen molar-refractivity contribution >= 4 is 0 Å². The fourth-order valence-corrected chi connectivity index (χ4v) is 3.78. The van der Waals surface area contributed by atoms with Gasteiger partial charge >= 0.3 is 0 Å². The molecule has 3 nitrogen and oxygen atoms in total. The van der Waals surface area contributed by atoms with Gasteiger partial charge in [0.25, 0.3) is 0 Å². The highest BCUT2D eigenvalue weighted by atomic mass is 15.3. The summed E-state index contributed by atoms with van der Waals surface area (Å²) in [6.07, 6.45) is 6.69. The lowest BCUT2D eigenvalue weighted by atomic mass is 10.1. The van der Waals surface area contributed by atoms with Crippen LogP contribution in [0.1, 0.15) is 52.9 Å². The van der Waals surface area contributed by atoms with Gasteiger partial charge in [-0.2, -0.15) is 0 Å². The molecule has 0 aromatic carbocycles. The van der Waals surface area contributed by atoms with Gasteiger partial charge in [-0.15, -0.1) is 0 Å². The largest absolute Gasteiger partial charge is 0.312 e. The van der Waals surface area contributed by atoms with Crippen LogP contribution in [0.2, 0.25) is 0 Å². The summed E-state index contributed by atoms with van der Waals surface area (Å²) in [7, 11) is 2.33. The van der Waals surface area contributed by atoms with Crippen molar-refractivity contribution in [1.29, 1.82) is 0 Å². The molecule has 0 radical (unpaired) electrons. The van der Waals surface area contributed by atoms with Gasteiger partial charge < -0.3 is 5.32 Å². The Balaban J connectivity index is 1.81. The predicted octanol–water partition coefficient (Wildman–Crippen LogP) is 2.32. The van der Waals surface area contributed by atoms with E-state index in [9.17, 15) is 0 Å². The Labute approximate surface area is 119 Å². The van der Waals surface area contributed by atoms with Crippen LogP contribution in [0.15, 0.2) is 0 Å². The molecule has 2 heterocycles. The van der Waals surface area contributed by atoms with Gasteiger partial charge in [-0.05, 0) is 46.1 Å². The molecule has 0 aliphatic carbocycles. The molecular formula is C16H33N3. The number of likely N-dealkylation sites (tertiary alicyclic amines) is 1. The van der Waals surface area contributed by atoms with Gasteiger partial charge in [-0.25, -0.2) is 0 Å². The second kappa shape index (κ2) is 7.05. The quantitative estimate of drug-likeness (QED) is 0.797. The van der Waals surface area contributed by atoms with E-state index in [1.807, 2.05) is 0 Å². The minimum absolute atomic E-state index is 0.674. The van der Waals surface area contributed by atoms with Crippen molar-refractivity contribution in [3.63, 3.8) is 0 Å². The number of nitrogens with zero attached hydrogens (tertiary/aromatic N) is 2. The number of hydrogen-bond acceptors (Lipinski definition) is 3. The van der Waals surface area contributed by atoms with Crippen molar-refractivity contribution < 1.29 is 0 Å². The number of nitrogens with one attached hydrogen (secondary N) is 1. The summed E-state index contributed by atoms with van der Waals surface area (Å²) in [4.78, 5) is 5.36. The summed E-state index contributed by atoms with van der Waals surface area (Å²) in [5.41, 5.74) is 0. The molecule has 0 amide bonds. The zero-order valence-corrected chi connectivity index (χ0v) is 13.4. The molecule has 2 saturated heterocycles. The average Bonchev–Trinajstić information content (AvgIpc) is 2.64. The number of rotatable bonds is 6. The van der Waals surface area contributed by atoms with Crippen LogP contribution < -0.4 is 5.32 Å². The number of hydrogen-bond donors (Lipinski definition) is 1. The Morgan fingerprint density at radius 3 is 2.47 bits per heavy atom. The summed E-state index contributed by atoms with van der Waals surface area (Å²) in [5, 5.41) is 3.74. The third kappa shape index (κ3) is 3.71. The van der Waals surface area contributed by atoms with E-state index in [1.54, 1.807) is 0 Å². The normalized spacial score (nSPS) is 30.8. The van der Waals surface area contributed by atoms with Crippen LogP contribution in [-0.2, 0) is 0 Å². The molecule has 1 N–H and O–H groups in total. The zero-order chi connectivity index (χ0) is 13.8. The Kier molecular flexibility index (Phi) is 5.67. The van der Waals surface area contributed by atoms with Crippen LogP contribution in [0.5, 0.6) is 0 Å². The van der Waals surface area contributed by atoms with Gasteiger partial charge in [-0.3, -0.25) is 9.80 Å². The monoisotopic (exact) mass is 267 g/mol. The Morgan fingerprint density at radius 2 is 1.79 bits per heavy atom. The third-order valence-corrected chi connectivity index (χ3v) is 5.49. The molecule has 2 rings (SSSR count).